The molecule has 10 aromatic carbocycles. The highest BCUT2D eigenvalue weighted by atomic mass is 14.9. The molecule has 1 heterocycles. The molecule has 2 aliphatic carbocycles. The minimum atomic E-state index is -0.432. The molecule has 0 saturated heterocycles. The van der Waals surface area contributed by atoms with Crippen LogP contribution in [0.5, 0.6) is 0 Å². The highest BCUT2D eigenvalue weighted by molar-refractivity contribution is 6.21. The highest BCUT2D eigenvalue weighted by Crippen LogP contribution is 2.63. The zero-order chi connectivity index (χ0) is 40.1. The van der Waals surface area contributed by atoms with E-state index in [2.05, 4.69) is 218 Å². The number of hydrogen-bond acceptors (Lipinski definition) is 2. The van der Waals surface area contributed by atoms with Gasteiger partial charge in [-0.2, -0.15) is 0 Å². The maximum Gasteiger partial charge on any atom is 0.161 e. The summed E-state index contributed by atoms with van der Waals surface area (Å²) in [6.45, 7) is 0. The van der Waals surface area contributed by atoms with Crippen molar-refractivity contribution in [1.82, 2.24) is 9.97 Å². The first-order chi connectivity index (χ1) is 30.3. The second-order valence-electron chi connectivity index (χ2n) is 16.3. The molecule has 0 radical (unpaired) electrons. The van der Waals surface area contributed by atoms with Gasteiger partial charge < -0.3 is 0 Å². The summed E-state index contributed by atoms with van der Waals surface area (Å²) in [5.41, 5.74) is 18.7. The van der Waals surface area contributed by atoms with Crippen LogP contribution in [-0.4, -0.2) is 9.97 Å². The third-order valence-corrected chi connectivity index (χ3v) is 13.3. The van der Waals surface area contributed by atoms with Crippen LogP contribution in [-0.2, 0) is 5.41 Å². The highest BCUT2D eigenvalue weighted by Gasteiger charge is 2.52. The van der Waals surface area contributed by atoms with Crippen molar-refractivity contribution in [1.29, 1.82) is 0 Å². The molecule has 0 saturated carbocycles. The van der Waals surface area contributed by atoms with Crippen molar-refractivity contribution in [2.75, 3.05) is 0 Å². The fourth-order valence-corrected chi connectivity index (χ4v) is 10.9. The average molecular weight is 773 g/mol. The van der Waals surface area contributed by atoms with E-state index in [1.165, 1.54) is 88.3 Å². The Morgan fingerprint density at radius 3 is 1.30 bits per heavy atom. The SMILES string of the molecule is c1ccc(-c2c3ccccc3c(-c3ccc(-c4nc(-c5cccc6c5-c5ccccc5C65c6ccccc6-c6ccccc65)nc5ccccc45)cc3)c3ccccc23)cc1. The molecular weight excluding hydrogens is 737 g/mol. The summed E-state index contributed by atoms with van der Waals surface area (Å²) in [7, 11) is 0. The minimum Gasteiger partial charge on any atom is -0.228 e. The van der Waals surface area contributed by atoms with Gasteiger partial charge >= 0.3 is 0 Å². The number of rotatable bonds is 4. The van der Waals surface area contributed by atoms with Crippen molar-refractivity contribution in [3.63, 3.8) is 0 Å². The maximum atomic E-state index is 5.53. The number of nitrogens with zero attached hydrogens (tertiary/aromatic N) is 2. The predicted octanol–water partition coefficient (Wildman–Crippen LogP) is 14.9. The standard InChI is InChI=1S/C59H36N2/c1-2-17-37(18-3-1)54-42-21-4-6-23-44(42)55(45-24-7-5-22-43(45)54)38-33-35-39(36-34-38)57-47-26-11-15-32-53(47)60-58(61-57)48-27-16-31-52-56(48)46-25-10-14-30-51(46)59(52)49-28-12-8-19-40(49)41-20-9-13-29-50(41)59/h1-36H. The molecule has 0 N–H and O–H groups in total. The third kappa shape index (κ3) is 4.73. The molecule has 0 unspecified atom stereocenters. The predicted molar refractivity (Wildman–Crippen MR) is 253 cm³/mol. The molecule has 282 valence electrons. The summed E-state index contributed by atoms with van der Waals surface area (Å²) in [5.74, 6) is 0.731. The molecule has 0 bridgehead atoms. The van der Waals surface area contributed by atoms with Gasteiger partial charge in [0, 0.05) is 16.5 Å². The first-order valence-corrected chi connectivity index (χ1v) is 21.1. The number of benzene rings is 10. The van der Waals surface area contributed by atoms with E-state index in [-0.39, 0.29) is 0 Å². The van der Waals surface area contributed by atoms with E-state index in [4.69, 9.17) is 9.97 Å². The number of fused-ring (bicyclic) bond motifs is 13. The second kappa shape index (κ2) is 13.0. The molecular formula is C59H36N2. The molecule has 13 rings (SSSR count). The Hall–Kier alpha value is -7.94. The lowest BCUT2D eigenvalue weighted by Crippen LogP contribution is -2.25. The van der Waals surface area contributed by atoms with E-state index in [9.17, 15) is 0 Å². The van der Waals surface area contributed by atoms with E-state index >= 15 is 0 Å². The van der Waals surface area contributed by atoms with Crippen LogP contribution in [0.25, 0.3) is 99.6 Å². The Balaban J connectivity index is 1.00. The summed E-state index contributed by atoms with van der Waals surface area (Å²) < 4.78 is 0. The smallest absolute Gasteiger partial charge is 0.161 e. The van der Waals surface area contributed by atoms with Gasteiger partial charge in [-0.3, -0.25) is 0 Å². The van der Waals surface area contributed by atoms with Crippen molar-refractivity contribution in [2.45, 2.75) is 5.41 Å². The van der Waals surface area contributed by atoms with Gasteiger partial charge in [-0.05, 0) is 94.4 Å². The van der Waals surface area contributed by atoms with Crippen molar-refractivity contribution in [3.05, 3.63) is 241 Å². The molecule has 0 atom stereocenters. The van der Waals surface area contributed by atoms with Crippen LogP contribution in [0.2, 0.25) is 0 Å². The van der Waals surface area contributed by atoms with Crippen LogP contribution in [0, 0.1) is 0 Å². The van der Waals surface area contributed by atoms with Crippen molar-refractivity contribution in [2.24, 2.45) is 0 Å². The topological polar surface area (TPSA) is 25.8 Å². The van der Waals surface area contributed by atoms with Gasteiger partial charge in [-0.1, -0.05) is 212 Å². The first-order valence-electron chi connectivity index (χ1n) is 21.1. The van der Waals surface area contributed by atoms with Crippen molar-refractivity contribution in [3.8, 4) is 67.2 Å². The lowest BCUT2D eigenvalue weighted by atomic mass is 9.70. The fraction of sp³-hybridized carbons (Fsp3) is 0.0169. The number of aromatic nitrogens is 2. The molecule has 11 aromatic rings. The Labute approximate surface area is 354 Å². The Morgan fingerprint density at radius 1 is 0.262 bits per heavy atom. The van der Waals surface area contributed by atoms with E-state index in [0.29, 0.717) is 0 Å². The number of hydrogen-bond donors (Lipinski definition) is 0. The van der Waals surface area contributed by atoms with E-state index in [0.717, 1.165) is 33.5 Å². The van der Waals surface area contributed by atoms with E-state index in [1.54, 1.807) is 0 Å². The zero-order valence-electron chi connectivity index (χ0n) is 33.2. The van der Waals surface area contributed by atoms with Gasteiger partial charge in [0.1, 0.15) is 0 Å². The molecule has 0 fully saturated rings. The lowest BCUT2D eigenvalue weighted by molar-refractivity contribution is 0.794. The monoisotopic (exact) mass is 772 g/mol. The van der Waals surface area contributed by atoms with Gasteiger partial charge in [0.15, 0.2) is 5.82 Å². The summed E-state index contributed by atoms with van der Waals surface area (Å²) in [4.78, 5) is 10.9. The Bertz CT molecular complexity index is 3480. The molecule has 1 spiro atoms. The summed E-state index contributed by atoms with van der Waals surface area (Å²) >= 11 is 0. The third-order valence-electron chi connectivity index (χ3n) is 13.3. The number of para-hydroxylation sites is 1. The minimum absolute atomic E-state index is 0.432. The van der Waals surface area contributed by atoms with Gasteiger partial charge in [-0.25, -0.2) is 9.97 Å². The van der Waals surface area contributed by atoms with Crippen LogP contribution < -0.4 is 0 Å². The normalized spacial score (nSPS) is 13.0. The van der Waals surface area contributed by atoms with E-state index < -0.39 is 5.41 Å². The molecule has 2 aliphatic rings. The second-order valence-corrected chi connectivity index (χ2v) is 16.3. The summed E-state index contributed by atoms with van der Waals surface area (Å²) in [6.07, 6.45) is 0. The summed E-state index contributed by atoms with van der Waals surface area (Å²) in [6, 6.07) is 79.6. The largest absolute Gasteiger partial charge is 0.228 e. The fourth-order valence-electron chi connectivity index (χ4n) is 10.9. The van der Waals surface area contributed by atoms with Crippen molar-refractivity contribution < 1.29 is 0 Å². The van der Waals surface area contributed by atoms with Gasteiger partial charge in [0.25, 0.3) is 0 Å². The molecule has 61 heavy (non-hydrogen) atoms. The van der Waals surface area contributed by atoms with E-state index in [1.807, 2.05) is 0 Å². The van der Waals surface area contributed by atoms with Gasteiger partial charge in [0.2, 0.25) is 0 Å². The molecule has 0 aliphatic heterocycles. The van der Waals surface area contributed by atoms with Crippen LogP contribution >= 0.6 is 0 Å². The quantitative estimate of drug-likeness (QED) is 0.167. The van der Waals surface area contributed by atoms with Crippen LogP contribution in [0.3, 0.4) is 0 Å². The van der Waals surface area contributed by atoms with Crippen molar-refractivity contribution >= 4 is 32.4 Å². The molecule has 2 heteroatoms. The lowest BCUT2D eigenvalue weighted by Gasteiger charge is -2.30. The average Bonchev–Trinajstić information content (AvgIpc) is 3.81. The van der Waals surface area contributed by atoms with Gasteiger partial charge in [0.05, 0.1) is 16.6 Å². The summed E-state index contributed by atoms with van der Waals surface area (Å²) in [5, 5.41) is 6.02. The van der Waals surface area contributed by atoms with Crippen LogP contribution in [0.1, 0.15) is 22.3 Å². The van der Waals surface area contributed by atoms with Crippen LogP contribution in [0.4, 0.5) is 0 Å². The Morgan fingerprint density at radius 2 is 0.689 bits per heavy atom. The molecule has 0 amide bonds. The molecule has 1 aromatic heterocycles. The van der Waals surface area contributed by atoms with Crippen LogP contribution in [0.15, 0.2) is 218 Å². The zero-order valence-corrected chi connectivity index (χ0v) is 33.2. The first kappa shape index (κ1) is 34.0. The van der Waals surface area contributed by atoms with Gasteiger partial charge in [-0.15, -0.1) is 0 Å². The molecule has 2 nitrogen and oxygen atoms in total. The Kier molecular flexibility index (Phi) is 7.26. The maximum absolute atomic E-state index is 5.53.